The van der Waals surface area contributed by atoms with Crippen LogP contribution < -0.4 is 0 Å². The third kappa shape index (κ3) is 3.94. The van der Waals surface area contributed by atoms with E-state index in [0.29, 0.717) is 23.7 Å². The van der Waals surface area contributed by atoms with E-state index in [0.717, 1.165) is 19.3 Å². The first-order valence-electron chi connectivity index (χ1n) is 9.35. The molecule has 0 aliphatic heterocycles. The zero-order valence-electron chi connectivity index (χ0n) is 14.8. The van der Waals surface area contributed by atoms with E-state index in [1.807, 2.05) is 0 Å². The molecule has 22 heavy (non-hydrogen) atoms. The molecule has 0 aromatic carbocycles. The predicted molar refractivity (Wildman–Crippen MR) is 91.6 cm³/mol. The molecule has 3 aliphatic carbocycles. The van der Waals surface area contributed by atoms with Crippen LogP contribution in [0, 0.1) is 17.3 Å². The van der Waals surface area contributed by atoms with Crippen molar-refractivity contribution in [2.75, 3.05) is 0 Å². The van der Waals surface area contributed by atoms with Crippen molar-refractivity contribution in [2.45, 2.75) is 91.1 Å². The molecule has 0 spiro atoms. The van der Waals surface area contributed by atoms with E-state index in [2.05, 4.69) is 27.4 Å². The molecule has 3 fully saturated rings. The second kappa shape index (κ2) is 7.66. The summed E-state index contributed by atoms with van der Waals surface area (Å²) in [5.41, 5.74) is 1.54. The highest BCUT2D eigenvalue weighted by molar-refractivity contribution is 5.69. The van der Waals surface area contributed by atoms with Crippen LogP contribution in [0.4, 0.5) is 0 Å². The molecular formula is C20H34O2. The second-order valence-electron chi connectivity index (χ2n) is 7.97. The van der Waals surface area contributed by atoms with Gasteiger partial charge >= 0.3 is 5.97 Å². The molecule has 3 saturated carbocycles. The summed E-state index contributed by atoms with van der Waals surface area (Å²) < 4.78 is 5.70. The molecule has 0 N–H and O–H groups in total. The summed E-state index contributed by atoms with van der Waals surface area (Å²) >= 11 is 0. The van der Waals surface area contributed by atoms with Gasteiger partial charge in [0.25, 0.3) is 0 Å². The van der Waals surface area contributed by atoms with Gasteiger partial charge in [-0.05, 0) is 42.1 Å². The summed E-state index contributed by atoms with van der Waals surface area (Å²) in [5.74, 6) is 1.25. The maximum absolute atomic E-state index is 12.0. The van der Waals surface area contributed by atoms with Crippen molar-refractivity contribution < 1.29 is 9.53 Å². The van der Waals surface area contributed by atoms with E-state index in [1.54, 1.807) is 0 Å². The number of fused-ring (bicyclic) bond motifs is 2. The first-order chi connectivity index (χ1) is 10.5. The predicted octanol–water partition coefficient (Wildman–Crippen LogP) is 5.66. The van der Waals surface area contributed by atoms with E-state index < -0.39 is 0 Å². The third-order valence-electron chi connectivity index (χ3n) is 6.09. The van der Waals surface area contributed by atoms with E-state index in [9.17, 15) is 4.79 Å². The van der Waals surface area contributed by atoms with Crippen molar-refractivity contribution in [3.05, 3.63) is 12.2 Å². The lowest BCUT2D eigenvalue weighted by Crippen LogP contribution is -2.54. The first kappa shape index (κ1) is 17.6. The molecule has 126 valence electrons. The number of carbonyl (C=O) groups is 1. The zero-order valence-corrected chi connectivity index (χ0v) is 14.8. The molecule has 0 aromatic heterocycles. The molecular weight excluding hydrogens is 272 g/mol. The number of carbonyl (C=O) groups excluding carboxylic acids is 1. The van der Waals surface area contributed by atoms with Gasteiger partial charge in [0.15, 0.2) is 0 Å². The second-order valence-corrected chi connectivity index (χ2v) is 7.97. The number of rotatable bonds is 9. The average Bonchev–Trinajstić information content (AvgIpc) is 2.47. The Balaban J connectivity index is 1.59. The van der Waals surface area contributed by atoms with Crippen molar-refractivity contribution in [2.24, 2.45) is 17.3 Å². The van der Waals surface area contributed by atoms with Crippen LogP contribution >= 0.6 is 0 Å². The van der Waals surface area contributed by atoms with Crippen LogP contribution in [0.3, 0.4) is 0 Å². The number of ether oxygens (including phenoxy) is 1. The Bertz CT molecular complexity index is 397. The summed E-state index contributed by atoms with van der Waals surface area (Å²) in [6, 6.07) is 0. The van der Waals surface area contributed by atoms with Crippen molar-refractivity contribution in [3.8, 4) is 0 Å². The molecule has 2 nitrogen and oxygen atoms in total. The Hall–Kier alpha value is -0.790. The molecule has 0 amide bonds. The highest BCUT2D eigenvalue weighted by Gasteiger charge is 2.55. The molecule has 2 heteroatoms. The van der Waals surface area contributed by atoms with Crippen LogP contribution in [-0.4, -0.2) is 12.1 Å². The standard InChI is InChI=1S/C20H34O2/c1-5-6-7-8-9-10-11-12-19(21)22-18-14-16-13-17(15(18)2)20(16,3)4/h16-18H,2,5-14H2,1,3-4H3. The Morgan fingerprint density at radius 1 is 1.14 bits per heavy atom. The fraction of sp³-hybridized carbons (Fsp3) is 0.850. The van der Waals surface area contributed by atoms with Crippen LogP contribution in [0.2, 0.25) is 0 Å². The van der Waals surface area contributed by atoms with Gasteiger partial charge in [0.05, 0.1) is 0 Å². The Morgan fingerprint density at radius 3 is 2.36 bits per heavy atom. The average molecular weight is 306 g/mol. The molecule has 0 saturated heterocycles. The normalized spacial score (nSPS) is 29.0. The monoisotopic (exact) mass is 306 g/mol. The van der Waals surface area contributed by atoms with Crippen LogP contribution in [0.15, 0.2) is 12.2 Å². The minimum absolute atomic E-state index is 0.00571. The molecule has 2 bridgehead atoms. The smallest absolute Gasteiger partial charge is 0.306 e. The van der Waals surface area contributed by atoms with Gasteiger partial charge in [0.2, 0.25) is 0 Å². The van der Waals surface area contributed by atoms with Crippen LogP contribution in [-0.2, 0) is 9.53 Å². The molecule has 3 unspecified atom stereocenters. The topological polar surface area (TPSA) is 26.3 Å². The number of hydrogen-bond acceptors (Lipinski definition) is 2. The van der Waals surface area contributed by atoms with Gasteiger partial charge < -0.3 is 4.74 Å². The summed E-state index contributed by atoms with van der Waals surface area (Å²) in [5, 5.41) is 0. The van der Waals surface area contributed by atoms with E-state index in [-0.39, 0.29) is 12.1 Å². The fourth-order valence-corrected chi connectivity index (χ4v) is 4.25. The minimum Gasteiger partial charge on any atom is -0.458 e. The van der Waals surface area contributed by atoms with Crippen molar-refractivity contribution in [3.63, 3.8) is 0 Å². The molecule has 3 aliphatic rings. The first-order valence-corrected chi connectivity index (χ1v) is 9.35. The van der Waals surface area contributed by atoms with Gasteiger partial charge in [-0.1, -0.05) is 65.9 Å². The van der Waals surface area contributed by atoms with Crippen LogP contribution in [0.1, 0.15) is 85.0 Å². The van der Waals surface area contributed by atoms with Gasteiger partial charge in [-0.15, -0.1) is 0 Å². The lowest BCUT2D eigenvalue weighted by Gasteiger charge is -2.59. The lowest BCUT2D eigenvalue weighted by atomic mass is 9.47. The zero-order chi connectivity index (χ0) is 16.2. The van der Waals surface area contributed by atoms with Gasteiger partial charge in [-0.25, -0.2) is 0 Å². The summed E-state index contributed by atoms with van der Waals surface area (Å²) in [4.78, 5) is 12.0. The molecule has 0 radical (unpaired) electrons. The summed E-state index contributed by atoms with van der Waals surface area (Å²) in [6.45, 7) is 11.1. The van der Waals surface area contributed by atoms with Crippen LogP contribution in [0.25, 0.3) is 0 Å². The van der Waals surface area contributed by atoms with Crippen LogP contribution in [0.5, 0.6) is 0 Å². The Kier molecular flexibility index (Phi) is 6.11. The highest BCUT2D eigenvalue weighted by Crippen LogP contribution is 2.61. The largest absolute Gasteiger partial charge is 0.458 e. The van der Waals surface area contributed by atoms with E-state index in [1.165, 1.54) is 44.1 Å². The van der Waals surface area contributed by atoms with Gasteiger partial charge in [-0.3, -0.25) is 4.79 Å². The minimum atomic E-state index is -0.0150. The summed E-state index contributed by atoms with van der Waals surface area (Å²) in [6.07, 6.45) is 11.5. The molecule has 0 aromatic rings. The third-order valence-corrected chi connectivity index (χ3v) is 6.09. The van der Waals surface area contributed by atoms with Gasteiger partial charge in [-0.2, -0.15) is 0 Å². The molecule has 3 rings (SSSR count). The van der Waals surface area contributed by atoms with Gasteiger partial charge in [0, 0.05) is 6.42 Å². The number of esters is 1. The number of hydrogen-bond donors (Lipinski definition) is 0. The molecule has 0 heterocycles. The maximum atomic E-state index is 12.0. The Morgan fingerprint density at radius 2 is 1.77 bits per heavy atom. The van der Waals surface area contributed by atoms with Crippen molar-refractivity contribution in [1.29, 1.82) is 0 Å². The molecule has 3 atom stereocenters. The summed E-state index contributed by atoms with van der Waals surface area (Å²) in [7, 11) is 0. The Labute approximate surface area is 136 Å². The lowest BCUT2D eigenvalue weighted by molar-refractivity contribution is -0.156. The quantitative estimate of drug-likeness (QED) is 0.312. The fourth-order valence-electron chi connectivity index (χ4n) is 4.25. The van der Waals surface area contributed by atoms with E-state index >= 15 is 0 Å². The highest BCUT2D eigenvalue weighted by atomic mass is 16.5. The van der Waals surface area contributed by atoms with Crippen molar-refractivity contribution >= 4 is 5.97 Å². The number of unbranched alkanes of at least 4 members (excludes halogenated alkanes) is 6. The maximum Gasteiger partial charge on any atom is 0.306 e. The van der Waals surface area contributed by atoms with E-state index in [4.69, 9.17) is 4.74 Å². The SMILES string of the molecule is C=C1C(OC(=O)CCCCCCCCC)CC2CC1C2(C)C. The van der Waals surface area contributed by atoms with Gasteiger partial charge in [0.1, 0.15) is 6.10 Å². The van der Waals surface area contributed by atoms with Crippen molar-refractivity contribution in [1.82, 2.24) is 0 Å².